The third-order valence-electron chi connectivity index (χ3n) is 2.82. The molecule has 94 valence electrons. The Labute approximate surface area is 98.5 Å². The second-order valence-electron chi connectivity index (χ2n) is 4.05. The van der Waals surface area contributed by atoms with Crippen molar-refractivity contribution in [2.75, 3.05) is 13.1 Å². The Kier molecular flexibility index (Phi) is 3.16. The molecule has 2 N–H and O–H groups in total. The first-order valence-corrected chi connectivity index (χ1v) is 6.65. The zero-order chi connectivity index (χ0) is 12.5. The molecule has 0 aromatic carbocycles. The van der Waals surface area contributed by atoms with Gasteiger partial charge in [-0.2, -0.15) is 9.40 Å². The van der Waals surface area contributed by atoms with Crippen LogP contribution in [0.15, 0.2) is 17.3 Å². The van der Waals surface area contributed by atoms with E-state index in [0.29, 0.717) is 13.0 Å². The molecule has 0 radical (unpaired) electrons. The summed E-state index contributed by atoms with van der Waals surface area (Å²) < 4.78 is 25.4. The minimum atomic E-state index is -3.52. The number of nitrogens with zero attached hydrogens (tertiary/aromatic N) is 2. The number of H-pyrrole nitrogens is 1. The van der Waals surface area contributed by atoms with Crippen molar-refractivity contribution in [1.29, 1.82) is 0 Å². The van der Waals surface area contributed by atoms with Gasteiger partial charge in [0.15, 0.2) is 0 Å². The number of sulfonamides is 1. The molecule has 1 aliphatic heterocycles. The van der Waals surface area contributed by atoms with E-state index in [1.54, 1.807) is 0 Å². The summed E-state index contributed by atoms with van der Waals surface area (Å²) in [5.41, 5.74) is 0. The summed E-state index contributed by atoms with van der Waals surface area (Å²) in [5, 5.41) is 14.7. The second-order valence-corrected chi connectivity index (χ2v) is 5.99. The smallest absolute Gasteiger partial charge is 0.303 e. The summed E-state index contributed by atoms with van der Waals surface area (Å²) in [6.45, 7) is 0.630. The zero-order valence-electron chi connectivity index (χ0n) is 9.04. The highest BCUT2D eigenvalue weighted by Crippen LogP contribution is 2.25. The third kappa shape index (κ3) is 2.47. The summed E-state index contributed by atoms with van der Waals surface area (Å²) in [7, 11) is -3.52. The van der Waals surface area contributed by atoms with Crippen LogP contribution in [0, 0.1) is 5.92 Å². The highest BCUT2D eigenvalue weighted by atomic mass is 32.2. The molecule has 1 atom stereocenters. The summed E-state index contributed by atoms with van der Waals surface area (Å²) in [5.74, 6) is -0.994. The van der Waals surface area contributed by atoms with Gasteiger partial charge in [0.05, 0.1) is 6.20 Å². The predicted molar refractivity (Wildman–Crippen MR) is 57.7 cm³/mol. The fourth-order valence-electron chi connectivity index (χ4n) is 1.96. The molecule has 1 unspecified atom stereocenters. The van der Waals surface area contributed by atoms with Crippen LogP contribution in [0.1, 0.15) is 12.8 Å². The average molecular weight is 259 g/mol. The van der Waals surface area contributed by atoms with E-state index in [2.05, 4.69) is 10.2 Å². The molecule has 2 heterocycles. The molecular weight excluding hydrogens is 246 g/mol. The van der Waals surface area contributed by atoms with Crippen molar-refractivity contribution in [2.24, 2.45) is 5.92 Å². The van der Waals surface area contributed by atoms with Crippen molar-refractivity contribution in [1.82, 2.24) is 14.5 Å². The summed E-state index contributed by atoms with van der Waals surface area (Å²) in [6.07, 6.45) is 3.17. The summed E-state index contributed by atoms with van der Waals surface area (Å²) in [4.78, 5) is 10.7. The predicted octanol–water partition coefficient (Wildman–Crippen LogP) is -0.105. The number of aromatic nitrogens is 2. The van der Waals surface area contributed by atoms with Gasteiger partial charge in [0, 0.05) is 25.7 Å². The standard InChI is InChI=1S/C9H13N3O4S/c13-9(14)3-7-1-2-12(6-7)17(15,16)8-4-10-11-5-8/h4-5,7H,1-3,6H2,(H,10,11)(H,13,14). The SMILES string of the molecule is O=C(O)CC1CCN(S(=O)(=O)c2cn[nH]c2)C1. The molecule has 0 bridgehead atoms. The Balaban J connectivity index is 2.08. The topological polar surface area (TPSA) is 103 Å². The van der Waals surface area contributed by atoms with Gasteiger partial charge in [-0.05, 0) is 12.3 Å². The van der Waals surface area contributed by atoms with E-state index < -0.39 is 16.0 Å². The fraction of sp³-hybridized carbons (Fsp3) is 0.556. The Morgan fingerprint density at radius 1 is 1.65 bits per heavy atom. The van der Waals surface area contributed by atoms with Crippen molar-refractivity contribution in [2.45, 2.75) is 17.7 Å². The van der Waals surface area contributed by atoms with Gasteiger partial charge in [-0.25, -0.2) is 8.42 Å². The van der Waals surface area contributed by atoms with Crippen molar-refractivity contribution >= 4 is 16.0 Å². The van der Waals surface area contributed by atoms with Crippen LogP contribution < -0.4 is 0 Å². The molecule has 0 spiro atoms. The van der Waals surface area contributed by atoms with Crippen LogP contribution in [-0.2, 0) is 14.8 Å². The molecule has 1 aromatic heterocycles. The van der Waals surface area contributed by atoms with Crippen molar-refractivity contribution in [3.8, 4) is 0 Å². The first-order valence-electron chi connectivity index (χ1n) is 5.21. The van der Waals surface area contributed by atoms with Crippen molar-refractivity contribution in [3.05, 3.63) is 12.4 Å². The highest BCUT2D eigenvalue weighted by Gasteiger charge is 2.33. The van der Waals surface area contributed by atoms with E-state index in [0.717, 1.165) is 0 Å². The Morgan fingerprint density at radius 3 is 3.00 bits per heavy atom. The van der Waals surface area contributed by atoms with Crippen LogP contribution in [0.4, 0.5) is 0 Å². The lowest BCUT2D eigenvalue weighted by Gasteiger charge is -2.14. The van der Waals surface area contributed by atoms with Gasteiger partial charge in [0.1, 0.15) is 4.90 Å². The van der Waals surface area contributed by atoms with Crippen molar-refractivity contribution < 1.29 is 18.3 Å². The number of nitrogens with one attached hydrogen (secondary N) is 1. The average Bonchev–Trinajstić information content (AvgIpc) is 2.85. The van der Waals surface area contributed by atoms with E-state index in [4.69, 9.17) is 5.11 Å². The van der Waals surface area contributed by atoms with Crippen LogP contribution in [0.25, 0.3) is 0 Å². The number of carbonyl (C=O) groups is 1. The largest absolute Gasteiger partial charge is 0.481 e. The highest BCUT2D eigenvalue weighted by molar-refractivity contribution is 7.89. The monoisotopic (exact) mass is 259 g/mol. The molecule has 0 aliphatic carbocycles. The van der Waals surface area contributed by atoms with Gasteiger partial charge in [0.2, 0.25) is 10.0 Å². The Morgan fingerprint density at radius 2 is 2.41 bits per heavy atom. The summed E-state index contributed by atoms with van der Waals surface area (Å²) >= 11 is 0. The normalized spacial score (nSPS) is 21.8. The molecule has 7 nitrogen and oxygen atoms in total. The van der Waals surface area contributed by atoms with Crippen molar-refractivity contribution in [3.63, 3.8) is 0 Å². The number of aliphatic carboxylic acids is 1. The number of hydrogen-bond acceptors (Lipinski definition) is 4. The van der Waals surface area contributed by atoms with E-state index in [1.807, 2.05) is 0 Å². The number of hydrogen-bond donors (Lipinski definition) is 2. The third-order valence-corrected chi connectivity index (χ3v) is 4.65. The van der Waals surface area contributed by atoms with Gasteiger partial charge in [0.25, 0.3) is 0 Å². The maximum atomic E-state index is 12.0. The van der Waals surface area contributed by atoms with E-state index in [-0.39, 0.29) is 23.8 Å². The molecule has 1 aliphatic rings. The molecular formula is C9H13N3O4S. The molecule has 1 aromatic rings. The molecule has 17 heavy (non-hydrogen) atoms. The first kappa shape index (κ1) is 12.1. The van der Waals surface area contributed by atoms with Gasteiger partial charge in [-0.3, -0.25) is 9.89 Å². The van der Waals surface area contributed by atoms with Gasteiger partial charge in [-0.15, -0.1) is 0 Å². The quantitative estimate of drug-likeness (QED) is 0.785. The Bertz CT molecular complexity index is 496. The minimum absolute atomic E-state index is 0.0113. The summed E-state index contributed by atoms with van der Waals surface area (Å²) in [6, 6.07) is 0. The molecule has 8 heteroatoms. The van der Waals surface area contributed by atoms with E-state index >= 15 is 0 Å². The molecule has 1 fully saturated rings. The number of rotatable bonds is 4. The lowest BCUT2D eigenvalue weighted by atomic mass is 10.1. The molecule has 0 saturated carbocycles. The lowest BCUT2D eigenvalue weighted by molar-refractivity contribution is -0.137. The zero-order valence-corrected chi connectivity index (χ0v) is 9.85. The van der Waals surface area contributed by atoms with Gasteiger partial charge >= 0.3 is 5.97 Å². The first-order chi connectivity index (χ1) is 8.00. The molecule has 0 amide bonds. The number of aromatic amines is 1. The van der Waals surface area contributed by atoms with Crippen LogP contribution >= 0.6 is 0 Å². The molecule has 1 saturated heterocycles. The van der Waals surface area contributed by atoms with Crippen LogP contribution in [-0.4, -0.2) is 47.1 Å². The van der Waals surface area contributed by atoms with Gasteiger partial charge in [-0.1, -0.05) is 0 Å². The van der Waals surface area contributed by atoms with Gasteiger partial charge < -0.3 is 5.11 Å². The number of carboxylic acid groups (broad SMARTS) is 1. The fourth-order valence-corrected chi connectivity index (χ4v) is 3.40. The van der Waals surface area contributed by atoms with E-state index in [1.165, 1.54) is 16.7 Å². The van der Waals surface area contributed by atoms with E-state index in [9.17, 15) is 13.2 Å². The van der Waals surface area contributed by atoms with Crippen LogP contribution in [0.5, 0.6) is 0 Å². The maximum Gasteiger partial charge on any atom is 0.303 e. The number of carboxylic acids is 1. The van der Waals surface area contributed by atoms with Crippen LogP contribution in [0.2, 0.25) is 0 Å². The maximum absolute atomic E-state index is 12.0. The second kappa shape index (κ2) is 4.46. The molecule has 2 rings (SSSR count). The minimum Gasteiger partial charge on any atom is -0.481 e. The van der Waals surface area contributed by atoms with Crippen LogP contribution in [0.3, 0.4) is 0 Å². The lowest BCUT2D eigenvalue weighted by Crippen LogP contribution is -2.28. The Hall–Kier alpha value is -1.41.